The summed E-state index contributed by atoms with van der Waals surface area (Å²) in [6.07, 6.45) is 13.4. The van der Waals surface area contributed by atoms with Crippen LogP contribution in [0, 0.1) is 0 Å². The number of hydrogen-bond donors (Lipinski definition) is 0. The maximum atomic E-state index is 13.6. The number of hydrogen-bond acceptors (Lipinski definition) is 7. The van der Waals surface area contributed by atoms with Crippen LogP contribution in [-0.2, 0) is 25.1 Å². The van der Waals surface area contributed by atoms with Crippen LogP contribution in [0.1, 0.15) is 37.6 Å². The Balaban J connectivity index is 1.55. The second kappa shape index (κ2) is 8.32. The highest BCUT2D eigenvalue weighted by Gasteiger charge is 2.43. The van der Waals surface area contributed by atoms with Crippen LogP contribution in [0.4, 0.5) is 0 Å². The first kappa shape index (κ1) is 22.7. The average molecular weight is 506 g/mol. The molecule has 0 spiro atoms. The van der Waals surface area contributed by atoms with E-state index in [9.17, 15) is 8.42 Å². The summed E-state index contributed by atoms with van der Waals surface area (Å²) in [5.74, 6) is 0. The lowest BCUT2D eigenvalue weighted by molar-refractivity contribution is -0.171. The summed E-state index contributed by atoms with van der Waals surface area (Å²) in [5, 5.41) is 2.08. The number of allylic oxidation sites excluding steroid dienone is 3. The van der Waals surface area contributed by atoms with Gasteiger partial charge in [0.2, 0.25) is 10.0 Å². The van der Waals surface area contributed by atoms with Gasteiger partial charge in [0.05, 0.1) is 4.88 Å². The van der Waals surface area contributed by atoms with Crippen molar-refractivity contribution in [3.63, 3.8) is 0 Å². The zero-order valence-electron chi connectivity index (χ0n) is 18.3. The van der Waals surface area contributed by atoms with Crippen LogP contribution < -0.4 is 0 Å². The van der Waals surface area contributed by atoms with Gasteiger partial charge in [-0.2, -0.15) is 0 Å². The third kappa shape index (κ3) is 3.66. The van der Waals surface area contributed by atoms with Crippen LogP contribution in [0.15, 0.2) is 54.0 Å². The Morgan fingerprint density at radius 2 is 2.09 bits per heavy atom. The highest BCUT2D eigenvalue weighted by molar-refractivity contribution is 7.91. The number of nitrogens with zero attached hydrogens (tertiary/aromatic N) is 3. The molecule has 2 aliphatic carbocycles. The van der Waals surface area contributed by atoms with Crippen LogP contribution >= 0.6 is 22.9 Å². The predicted molar refractivity (Wildman–Crippen MR) is 130 cm³/mol. The SMILES string of the molecule is COCOC1(c2ncc(-c3ccnc4c3ccn4S(=O)(=O)C3(C)C=C(Cl)C=CC3)s2)CCC1. The van der Waals surface area contributed by atoms with Crippen molar-refractivity contribution in [1.82, 2.24) is 13.9 Å². The molecular weight excluding hydrogens is 482 g/mol. The maximum Gasteiger partial charge on any atom is 0.249 e. The van der Waals surface area contributed by atoms with E-state index in [1.54, 1.807) is 62.1 Å². The molecule has 1 saturated carbocycles. The monoisotopic (exact) mass is 505 g/mol. The summed E-state index contributed by atoms with van der Waals surface area (Å²) < 4.78 is 38.4. The van der Waals surface area contributed by atoms with E-state index in [4.69, 9.17) is 21.1 Å². The third-order valence-electron chi connectivity index (χ3n) is 6.42. The van der Waals surface area contributed by atoms with Gasteiger partial charge in [-0.05, 0) is 56.9 Å². The third-order valence-corrected chi connectivity index (χ3v) is 10.1. The molecule has 1 unspecified atom stereocenters. The molecule has 33 heavy (non-hydrogen) atoms. The van der Waals surface area contributed by atoms with Gasteiger partial charge in [-0.25, -0.2) is 22.4 Å². The largest absolute Gasteiger partial charge is 0.359 e. The van der Waals surface area contributed by atoms with E-state index >= 15 is 0 Å². The summed E-state index contributed by atoms with van der Waals surface area (Å²) >= 11 is 7.70. The van der Waals surface area contributed by atoms with Gasteiger partial charge in [-0.1, -0.05) is 17.7 Å². The number of ether oxygens (including phenoxy) is 2. The summed E-state index contributed by atoms with van der Waals surface area (Å²) in [6.45, 7) is 1.90. The lowest BCUT2D eigenvalue weighted by atomic mass is 9.80. The van der Waals surface area contributed by atoms with Gasteiger partial charge >= 0.3 is 0 Å². The molecule has 174 valence electrons. The van der Waals surface area contributed by atoms with Gasteiger partial charge in [-0.15, -0.1) is 11.3 Å². The first-order valence-corrected chi connectivity index (χ1v) is 13.3. The van der Waals surface area contributed by atoms with Crippen LogP contribution in [0.3, 0.4) is 0 Å². The zero-order valence-corrected chi connectivity index (χ0v) is 20.7. The molecule has 0 N–H and O–H groups in total. The van der Waals surface area contributed by atoms with Crippen LogP contribution in [0.5, 0.6) is 0 Å². The molecule has 1 fully saturated rings. The smallest absolute Gasteiger partial charge is 0.249 e. The van der Waals surface area contributed by atoms with Gasteiger partial charge in [0.1, 0.15) is 22.1 Å². The molecule has 0 aromatic carbocycles. The van der Waals surface area contributed by atoms with Gasteiger partial charge in [0, 0.05) is 41.7 Å². The Labute approximate surface area is 201 Å². The van der Waals surface area contributed by atoms with E-state index < -0.39 is 20.4 Å². The van der Waals surface area contributed by atoms with Gasteiger partial charge < -0.3 is 9.47 Å². The molecule has 5 rings (SSSR count). The fourth-order valence-electron chi connectivity index (χ4n) is 4.33. The first-order chi connectivity index (χ1) is 15.8. The van der Waals surface area contributed by atoms with Gasteiger partial charge in [-0.3, -0.25) is 0 Å². The summed E-state index contributed by atoms with van der Waals surface area (Å²) in [7, 11) is -2.19. The van der Waals surface area contributed by atoms with E-state index in [2.05, 4.69) is 9.97 Å². The normalized spacial score (nSPS) is 22.3. The Morgan fingerprint density at radius 3 is 2.79 bits per heavy atom. The van der Waals surface area contributed by atoms with Gasteiger partial charge in [0.15, 0.2) is 5.65 Å². The molecular formula is C23H24ClN3O4S2. The van der Waals surface area contributed by atoms with Crippen molar-refractivity contribution in [2.75, 3.05) is 13.9 Å². The van der Waals surface area contributed by atoms with E-state index in [1.165, 1.54) is 3.97 Å². The number of rotatable bonds is 7. The van der Waals surface area contributed by atoms with E-state index in [0.29, 0.717) is 17.1 Å². The van der Waals surface area contributed by atoms with Crippen molar-refractivity contribution >= 4 is 44.0 Å². The standard InChI is InChI=1S/C23H24ClN3O4S2/c1-22(8-3-5-16(24)13-22)33(28,29)27-12-7-18-17(6-11-25-20(18)27)19-14-26-21(32-19)23(9-4-10-23)31-15-30-2/h3,5-7,11-14H,4,8-10,15H2,1-2H3. The van der Waals surface area contributed by atoms with Crippen molar-refractivity contribution in [2.45, 2.75) is 43.0 Å². The Morgan fingerprint density at radius 1 is 1.27 bits per heavy atom. The van der Waals surface area contributed by atoms with Crippen LogP contribution in [0.25, 0.3) is 21.5 Å². The molecule has 0 amide bonds. The summed E-state index contributed by atoms with van der Waals surface area (Å²) in [4.78, 5) is 10.0. The number of thiazole rings is 1. The Bertz CT molecular complexity index is 1370. The quantitative estimate of drug-likeness (QED) is 0.411. The van der Waals surface area contributed by atoms with E-state index in [1.807, 2.05) is 12.3 Å². The molecule has 2 aliphatic rings. The molecule has 0 aliphatic heterocycles. The van der Waals surface area contributed by atoms with Gasteiger partial charge in [0.25, 0.3) is 0 Å². The summed E-state index contributed by atoms with van der Waals surface area (Å²) in [5.41, 5.74) is 0.882. The second-order valence-corrected chi connectivity index (χ2v) is 12.3. The van der Waals surface area contributed by atoms with E-state index in [-0.39, 0.29) is 6.79 Å². The lowest BCUT2D eigenvalue weighted by Gasteiger charge is -2.39. The predicted octanol–water partition coefficient (Wildman–Crippen LogP) is 5.18. The number of aromatic nitrogens is 3. The zero-order chi connectivity index (χ0) is 23.3. The minimum atomic E-state index is -3.80. The van der Waals surface area contributed by atoms with Crippen molar-refractivity contribution in [1.29, 1.82) is 0 Å². The molecule has 3 aromatic rings. The highest BCUT2D eigenvalue weighted by Crippen LogP contribution is 2.48. The topological polar surface area (TPSA) is 83.3 Å². The highest BCUT2D eigenvalue weighted by atomic mass is 35.5. The number of halogens is 1. The Hall–Kier alpha value is -2.04. The van der Waals surface area contributed by atoms with Crippen LogP contribution in [0.2, 0.25) is 0 Å². The molecule has 10 heteroatoms. The fourth-order valence-corrected chi connectivity index (χ4v) is 7.51. The average Bonchev–Trinajstić information content (AvgIpc) is 3.41. The summed E-state index contributed by atoms with van der Waals surface area (Å²) in [6, 6.07) is 3.68. The van der Waals surface area contributed by atoms with Crippen molar-refractivity contribution < 1.29 is 17.9 Å². The second-order valence-electron chi connectivity index (χ2n) is 8.59. The molecule has 3 aromatic heterocycles. The van der Waals surface area contributed by atoms with Crippen molar-refractivity contribution in [3.05, 3.63) is 59.0 Å². The minimum Gasteiger partial charge on any atom is -0.359 e. The molecule has 7 nitrogen and oxygen atoms in total. The molecule has 0 bridgehead atoms. The first-order valence-electron chi connectivity index (χ1n) is 10.7. The number of methoxy groups -OCH3 is 1. The molecule has 0 saturated heterocycles. The van der Waals surface area contributed by atoms with Crippen molar-refractivity contribution in [3.8, 4) is 10.4 Å². The maximum absolute atomic E-state index is 13.6. The number of fused-ring (bicyclic) bond motifs is 1. The lowest BCUT2D eigenvalue weighted by Crippen LogP contribution is -2.38. The number of pyridine rings is 1. The molecule has 1 atom stereocenters. The minimum absolute atomic E-state index is 0.224. The molecule has 0 radical (unpaired) electrons. The van der Waals surface area contributed by atoms with E-state index in [0.717, 1.165) is 40.1 Å². The fraction of sp³-hybridized carbons (Fsp3) is 0.391. The van der Waals surface area contributed by atoms with Crippen molar-refractivity contribution in [2.24, 2.45) is 0 Å². The van der Waals surface area contributed by atoms with Crippen LogP contribution in [-0.4, -0.2) is 41.0 Å². The molecule has 3 heterocycles. The Kier molecular flexibility index (Phi) is 5.73.